The van der Waals surface area contributed by atoms with Gasteiger partial charge >= 0.3 is 0 Å². The number of hydrogen-bond acceptors (Lipinski definition) is 0. The third-order valence-corrected chi connectivity index (χ3v) is 0. The van der Waals surface area contributed by atoms with Crippen LogP contribution in [0.1, 0.15) is 0 Å². The minimum atomic E-state index is 0. The van der Waals surface area contributed by atoms with E-state index >= 15 is 0 Å². The molecule has 9 radical (unpaired) electrons. The maximum atomic E-state index is 0. The molecule has 5 heteroatoms. The summed E-state index contributed by atoms with van der Waals surface area (Å²) in [5.74, 6) is 0. The molecular formula is Al3Zr2. The molecular weight excluding hydrogens is 263 g/mol. The van der Waals surface area contributed by atoms with Crippen LogP contribution in [-0.2, 0) is 52.4 Å². The van der Waals surface area contributed by atoms with E-state index in [0.29, 0.717) is 0 Å². The molecule has 0 spiro atoms. The van der Waals surface area contributed by atoms with Crippen LogP contribution in [0.15, 0.2) is 0 Å². The van der Waals surface area contributed by atoms with Gasteiger partial charge in [0.25, 0.3) is 0 Å². The second-order valence-corrected chi connectivity index (χ2v) is 0. The first-order valence-electron chi connectivity index (χ1n) is 0. The second kappa shape index (κ2) is 26.4. The summed E-state index contributed by atoms with van der Waals surface area (Å²) in [6.45, 7) is 0. The van der Waals surface area contributed by atoms with E-state index in [9.17, 15) is 0 Å². The molecule has 0 nitrogen and oxygen atoms in total. The molecule has 0 aromatic carbocycles. The van der Waals surface area contributed by atoms with Crippen molar-refractivity contribution >= 4 is 52.1 Å². The molecule has 0 amide bonds. The monoisotopic (exact) mass is 261 g/mol. The van der Waals surface area contributed by atoms with Gasteiger partial charge in [-0.15, -0.1) is 0 Å². The molecule has 0 aliphatic rings. The molecule has 0 bridgehead atoms. The fraction of sp³-hybridized carbons (Fsp3) is 0. The topological polar surface area (TPSA) is 0 Å². The standard InChI is InChI=1S/3Al.2Zr. The van der Waals surface area contributed by atoms with Crippen molar-refractivity contribution in [3.63, 3.8) is 0 Å². The van der Waals surface area contributed by atoms with Crippen LogP contribution in [0.5, 0.6) is 0 Å². The summed E-state index contributed by atoms with van der Waals surface area (Å²) in [4.78, 5) is 0. The van der Waals surface area contributed by atoms with E-state index in [1.54, 1.807) is 0 Å². The molecule has 0 aromatic heterocycles. The summed E-state index contributed by atoms with van der Waals surface area (Å²) in [6.07, 6.45) is 0. The average Bonchev–Trinajstić information content (AvgIpc) is 0. The first-order chi connectivity index (χ1) is 0. The fourth-order valence-corrected chi connectivity index (χ4v) is 0. The molecule has 0 heterocycles. The Hall–Kier alpha value is 3.36. The van der Waals surface area contributed by atoms with Crippen LogP contribution in [0.25, 0.3) is 0 Å². The Morgan fingerprint density at radius 3 is 0.400 bits per heavy atom. The van der Waals surface area contributed by atoms with Crippen molar-refractivity contribution in [2.24, 2.45) is 0 Å². The van der Waals surface area contributed by atoms with Crippen LogP contribution in [0.2, 0.25) is 0 Å². The summed E-state index contributed by atoms with van der Waals surface area (Å²) in [5.41, 5.74) is 0. The Balaban J connectivity index is 0. The van der Waals surface area contributed by atoms with Crippen LogP contribution >= 0.6 is 0 Å². The molecule has 0 N–H and O–H groups in total. The van der Waals surface area contributed by atoms with Gasteiger partial charge in [-0.25, -0.2) is 0 Å². The molecule has 0 saturated carbocycles. The third-order valence-electron chi connectivity index (χ3n) is 0. The normalized spacial score (nSPS) is 0. The van der Waals surface area contributed by atoms with Crippen molar-refractivity contribution in [2.75, 3.05) is 0 Å². The van der Waals surface area contributed by atoms with E-state index in [-0.39, 0.29) is 104 Å². The summed E-state index contributed by atoms with van der Waals surface area (Å²) >= 11 is 0. The molecule has 0 fully saturated rings. The zero-order valence-electron chi connectivity index (χ0n) is 2.73. The van der Waals surface area contributed by atoms with Crippen molar-refractivity contribution in [3.05, 3.63) is 0 Å². The minimum Gasteiger partial charge on any atom is 0 e. The molecule has 0 rings (SSSR count). The van der Waals surface area contributed by atoms with Gasteiger partial charge in [0.1, 0.15) is 0 Å². The SMILES string of the molecule is [Al].[Al].[Al].[Zr].[Zr]. The van der Waals surface area contributed by atoms with Crippen LogP contribution in [0.4, 0.5) is 0 Å². The van der Waals surface area contributed by atoms with Crippen LogP contribution in [-0.4, -0.2) is 52.1 Å². The van der Waals surface area contributed by atoms with E-state index in [1.807, 2.05) is 0 Å². The Labute approximate surface area is 102 Å². The van der Waals surface area contributed by atoms with Gasteiger partial charge < -0.3 is 0 Å². The predicted octanol–water partition coefficient (Wildman–Crippen LogP) is -1.15. The summed E-state index contributed by atoms with van der Waals surface area (Å²) in [7, 11) is 0. The van der Waals surface area contributed by atoms with Gasteiger partial charge in [-0.05, 0) is 0 Å². The molecule has 0 atom stereocenters. The third kappa shape index (κ3) is 18.7. The Bertz CT molecular complexity index is 4.85. The second-order valence-electron chi connectivity index (χ2n) is 0. The van der Waals surface area contributed by atoms with E-state index < -0.39 is 0 Å². The predicted molar refractivity (Wildman–Crippen MR) is 17.3 cm³/mol. The average molecular weight is 263 g/mol. The van der Waals surface area contributed by atoms with Gasteiger partial charge in [0.15, 0.2) is 0 Å². The molecule has 17 valence electrons. The van der Waals surface area contributed by atoms with Gasteiger partial charge in [0.2, 0.25) is 0 Å². The van der Waals surface area contributed by atoms with Crippen LogP contribution in [0.3, 0.4) is 0 Å². The Kier molecular flexibility index (Phi) is 211. The zero-order chi connectivity index (χ0) is 0. The quantitative estimate of drug-likeness (QED) is 0.484. The van der Waals surface area contributed by atoms with Gasteiger partial charge in [0.05, 0.1) is 0 Å². The largest absolute Gasteiger partial charge is 0 e. The molecule has 0 aliphatic carbocycles. The van der Waals surface area contributed by atoms with Crippen molar-refractivity contribution in [1.29, 1.82) is 0 Å². The van der Waals surface area contributed by atoms with Gasteiger partial charge in [-0.3, -0.25) is 0 Å². The van der Waals surface area contributed by atoms with Crippen LogP contribution in [0, 0.1) is 0 Å². The van der Waals surface area contributed by atoms with E-state index in [0.717, 1.165) is 0 Å². The Morgan fingerprint density at radius 2 is 0.400 bits per heavy atom. The number of rotatable bonds is 0. The molecule has 5 heavy (non-hydrogen) atoms. The Morgan fingerprint density at radius 1 is 0.400 bits per heavy atom. The summed E-state index contributed by atoms with van der Waals surface area (Å²) in [5, 5.41) is 0. The van der Waals surface area contributed by atoms with E-state index in [1.165, 1.54) is 0 Å². The number of hydrogen-bond donors (Lipinski definition) is 0. The van der Waals surface area contributed by atoms with Crippen molar-refractivity contribution in [2.45, 2.75) is 0 Å². The van der Waals surface area contributed by atoms with Crippen molar-refractivity contribution < 1.29 is 52.4 Å². The van der Waals surface area contributed by atoms with E-state index in [2.05, 4.69) is 0 Å². The molecule has 0 aromatic rings. The summed E-state index contributed by atoms with van der Waals surface area (Å²) < 4.78 is 0. The van der Waals surface area contributed by atoms with Crippen molar-refractivity contribution in [1.82, 2.24) is 0 Å². The first kappa shape index (κ1) is 40.1. The fourth-order valence-electron chi connectivity index (χ4n) is 0. The first-order valence-corrected chi connectivity index (χ1v) is 0. The maximum Gasteiger partial charge on any atom is 0 e. The maximum absolute atomic E-state index is 0. The smallest absolute Gasteiger partial charge is 0 e. The molecule has 0 unspecified atom stereocenters. The van der Waals surface area contributed by atoms with Crippen LogP contribution < -0.4 is 0 Å². The molecule has 0 saturated heterocycles. The van der Waals surface area contributed by atoms with Gasteiger partial charge in [-0.1, -0.05) is 0 Å². The minimum absolute atomic E-state index is 0. The zero-order valence-corrected chi connectivity index (χ0v) is 11.1. The van der Waals surface area contributed by atoms with Gasteiger partial charge in [-0.2, -0.15) is 0 Å². The summed E-state index contributed by atoms with van der Waals surface area (Å²) in [6, 6.07) is 0. The van der Waals surface area contributed by atoms with E-state index in [4.69, 9.17) is 0 Å². The van der Waals surface area contributed by atoms with Gasteiger partial charge in [0, 0.05) is 104 Å². The molecule has 0 aliphatic heterocycles. The van der Waals surface area contributed by atoms with Crippen molar-refractivity contribution in [3.8, 4) is 0 Å².